The molecule has 1 fully saturated rings. The highest BCUT2D eigenvalue weighted by Crippen LogP contribution is 2.38. The first-order chi connectivity index (χ1) is 13.8. The Hall–Kier alpha value is -2.79. The molecule has 1 aromatic heterocycles. The van der Waals surface area contributed by atoms with Gasteiger partial charge in [-0.25, -0.2) is 0 Å². The highest BCUT2D eigenvalue weighted by molar-refractivity contribution is 5.66. The fourth-order valence-electron chi connectivity index (χ4n) is 4.39. The van der Waals surface area contributed by atoms with E-state index in [1.807, 2.05) is 18.3 Å². The van der Waals surface area contributed by atoms with Gasteiger partial charge < -0.3 is 9.47 Å². The number of nitrogens with zero attached hydrogens (tertiary/aromatic N) is 2. The minimum atomic E-state index is 0.329. The molecule has 1 saturated heterocycles. The number of benzene rings is 2. The number of rotatable bonds is 4. The first-order valence-corrected chi connectivity index (χ1v) is 9.98. The van der Waals surface area contributed by atoms with Crippen molar-refractivity contribution in [2.75, 3.05) is 19.9 Å². The molecule has 0 aliphatic carbocycles. The molecule has 3 aromatic rings. The second kappa shape index (κ2) is 7.32. The van der Waals surface area contributed by atoms with Gasteiger partial charge in [0.2, 0.25) is 6.79 Å². The summed E-state index contributed by atoms with van der Waals surface area (Å²) in [5.74, 6) is 2.31. The van der Waals surface area contributed by atoms with E-state index < -0.39 is 0 Å². The lowest BCUT2D eigenvalue weighted by Crippen LogP contribution is -2.32. The number of hydrogen-bond acceptors (Lipinski definition) is 4. The Balaban J connectivity index is 1.27. The number of ether oxygens (including phenoxy) is 2. The molecule has 144 valence electrons. The largest absolute Gasteiger partial charge is 0.454 e. The Kier molecular flexibility index (Phi) is 4.53. The van der Waals surface area contributed by atoms with Gasteiger partial charge in [-0.05, 0) is 44.5 Å². The highest BCUT2D eigenvalue weighted by atomic mass is 16.7. The lowest BCUT2D eigenvalue weighted by molar-refractivity contribution is 0.169. The Morgan fingerprint density at radius 1 is 1.11 bits per heavy atom. The van der Waals surface area contributed by atoms with Crippen molar-refractivity contribution in [3.63, 3.8) is 0 Å². The molecular weight excluding hydrogens is 350 g/mol. The van der Waals surface area contributed by atoms with Gasteiger partial charge in [0.25, 0.3) is 0 Å². The molecule has 2 aliphatic heterocycles. The number of likely N-dealkylation sites (tertiary alicyclic amines) is 1. The molecule has 0 amide bonds. The van der Waals surface area contributed by atoms with Gasteiger partial charge in [-0.2, -0.15) is 5.10 Å². The lowest BCUT2D eigenvalue weighted by atomic mass is 9.89. The standard InChI is InChI=1S/C23H25N3O2/c1-16-4-2-5-18(12-16)20-13-24-25-22(20)17-8-10-26(11-9-17)14-19-6-3-7-21-23(19)28-15-27-21/h2-7,12-13,17H,8-11,14-15H2,1H3,(H,24,25). The third kappa shape index (κ3) is 3.27. The van der Waals surface area contributed by atoms with Crippen molar-refractivity contribution in [3.05, 3.63) is 65.5 Å². The minimum Gasteiger partial charge on any atom is -0.454 e. The maximum atomic E-state index is 5.66. The van der Waals surface area contributed by atoms with Crippen LogP contribution in [0.25, 0.3) is 11.1 Å². The molecule has 5 heteroatoms. The molecule has 3 heterocycles. The maximum absolute atomic E-state index is 5.66. The third-order valence-electron chi connectivity index (χ3n) is 5.87. The van der Waals surface area contributed by atoms with Crippen molar-refractivity contribution >= 4 is 0 Å². The SMILES string of the molecule is Cc1cccc(-c2cn[nH]c2C2CCN(Cc3cccc4c3OCO4)CC2)c1. The highest BCUT2D eigenvalue weighted by Gasteiger charge is 2.26. The summed E-state index contributed by atoms with van der Waals surface area (Å²) in [4.78, 5) is 2.51. The summed E-state index contributed by atoms with van der Waals surface area (Å²) in [5, 5.41) is 7.65. The topological polar surface area (TPSA) is 50.4 Å². The van der Waals surface area contributed by atoms with E-state index in [0.29, 0.717) is 12.7 Å². The molecule has 28 heavy (non-hydrogen) atoms. The van der Waals surface area contributed by atoms with Gasteiger partial charge in [0, 0.05) is 29.3 Å². The van der Waals surface area contributed by atoms with Crippen molar-refractivity contribution in [2.24, 2.45) is 0 Å². The van der Waals surface area contributed by atoms with Crippen LogP contribution in [0.4, 0.5) is 0 Å². The van der Waals surface area contributed by atoms with Crippen LogP contribution in [-0.2, 0) is 6.54 Å². The molecule has 0 radical (unpaired) electrons. The van der Waals surface area contributed by atoms with Crippen LogP contribution in [-0.4, -0.2) is 35.0 Å². The molecule has 2 aromatic carbocycles. The molecule has 2 aliphatic rings. The molecule has 0 spiro atoms. The van der Waals surface area contributed by atoms with E-state index in [4.69, 9.17) is 9.47 Å². The normalized spacial score (nSPS) is 17.2. The van der Waals surface area contributed by atoms with E-state index in [0.717, 1.165) is 44.0 Å². The Morgan fingerprint density at radius 2 is 1.96 bits per heavy atom. The molecule has 0 saturated carbocycles. The number of H-pyrrole nitrogens is 1. The minimum absolute atomic E-state index is 0.329. The summed E-state index contributed by atoms with van der Waals surface area (Å²) in [6.07, 6.45) is 4.24. The van der Waals surface area contributed by atoms with Crippen LogP contribution in [0.3, 0.4) is 0 Å². The second-order valence-electron chi connectivity index (χ2n) is 7.77. The van der Waals surface area contributed by atoms with Crippen molar-refractivity contribution in [3.8, 4) is 22.6 Å². The summed E-state index contributed by atoms with van der Waals surface area (Å²) < 4.78 is 11.2. The average molecular weight is 375 g/mol. The molecular formula is C23H25N3O2. The summed E-state index contributed by atoms with van der Waals surface area (Å²) in [5.41, 5.74) is 6.27. The van der Waals surface area contributed by atoms with Crippen LogP contribution in [0.2, 0.25) is 0 Å². The number of aromatic nitrogens is 2. The lowest BCUT2D eigenvalue weighted by Gasteiger charge is -2.32. The van der Waals surface area contributed by atoms with Crippen molar-refractivity contribution < 1.29 is 9.47 Å². The molecule has 5 rings (SSSR count). The maximum Gasteiger partial charge on any atom is 0.231 e. The van der Waals surface area contributed by atoms with E-state index in [1.165, 1.54) is 27.9 Å². The van der Waals surface area contributed by atoms with Crippen LogP contribution in [0.5, 0.6) is 11.5 Å². The average Bonchev–Trinajstić information content (AvgIpc) is 3.39. The van der Waals surface area contributed by atoms with Crippen LogP contribution in [0.15, 0.2) is 48.7 Å². The number of fused-ring (bicyclic) bond motifs is 1. The Labute approximate surface area is 165 Å². The zero-order valence-electron chi connectivity index (χ0n) is 16.1. The summed E-state index contributed by atoms with van der Waals surface area (Å²) >= 11 is 0. The molecule has 1 N–H and O–H groups in total. The Morgan fingerprint density at radius 3 is 2.82 bits per heavy atom. The predicted molar refractivity (Wildman–Crippen MR) is 109 cm³/mol. The van der Waals surface area contributed by atoms with E-state index in [1.54, 1.807) is 0 Å². The van der Waals surface area contributed by atoms with Gasteiger partial charge in [-0.15, -0.1) is 0 Å². The zero-order valence-corrected chi connectivity index (χ0v) is 16.1. The first-order valence-electron chi connectivity index (χ1n) is 9.98. The fourth-order valence-corrected chi connectivity index (χ4v) is 4.39. The van der Waals surface area contributed by atoms with Crippen LogP contribution >= 0.6 is 0 Å². The van der Waals surface area contributed by atoms with Gasteiger partial charge in [0.1, 0.15) is 0 Å². The van der Waals surface area contributed by atoms with E-state index in [-0.39, 0.29) is 0 Å². The third-order valence-corrected chi connectivity index (χ3v) is 5.87. The number of hydrogen-bond donors (Lipinski definition) is 1. The summed E-state index contributed by atoms with van der Waals surface area (Å²) in [6.45, 7) is 5.52. The zero-order chi connectivity index (χ0) is 18.9. The van der Waals surface area contributed by atoms with Crippen LogP contribution < -0.4 is 9.47 Å². The van der Waals surface area contributed by atoms with Gasteiger partial charge in [0.05, 0.1) is 6.20 Å². The number of nitrogens with one attached hydrogen (secondary N) is 1. The summed E-state index contributed by atoms with van der Waals surface area (Å²) in [6, 6.07) is 14.8. The first kappa shape index (κ1) is 17.3. The number of para-hydroxylation sites is 1. The van der Waals surface area contributed by atoms with Gasteiger partial charge in [-0.3, -0.25) is 10.00 Å². The monoisotopic (exact) mass is 375 g/mol. The number of piperidine rings is 1. The molecule has 5 nitrogen and oxygen atoms in total. The van der Waals surface area contributed by atoms with Crippen molar-refractivity contribution in [1.29, 1.82) is 0 Å². The molecule has 0 unspecified atom stereocenters. The van der Waals surface area contributed by atoms with Gasteiger partial charge >= 0.3 is 0 Å². The summed E-state index contributed by atoms with van der Waals surface area (Å²) in [7, 11) is 0. The molecule has 0 bridgehead atoms. The quantitative estimate of drug-likeness (QED) is 0.730. The van der Waals surface area contributed by atoms with Crippen molar-refractivity contribution in [2.45, 2.75) is 32.2 Å². The van der Waals surface area contributed by atoms with Crippen LogP contribution in [0, 0.1) is 6.92 Å². The smallest absolute Gasteiger partial charge is 0.231 e. The van der Waals surface area contributed by atoms with E-state index in [9.17, 15) is 0 Å². The number of aromatic amines is 1. The number of aryl methyl sites for hydroxylation is 1. The second-order valence-corrected chi connectivity index (χ2v) is 7.77. The van der Waals surface area contributed by atoms with Crippen LogP contribution in [0.1, 0.15) is 35.6 Å². The van der Waals surface area contributed by atoms with E-state index >= 15 is 0 Å². The predicted octanol–water partition coefficient (Wildman–Crippen LogP) is 4.49. The van der Waals surface area contributed by atoms with E-state index in [2.05, 4.69) is 52.4 Å². The molecule has 0 atom stereocenters. The van der Waals surface area contributed by atoms with Crippen molar-refractivity contribution in [1.82, 2.24) is 15.1 Å². The van der Waals surface area contributed by atoms with Gasteiger partial charge in [0.15, 0.2) is 11.5 Å². The Bertz CT molecular complexity index is 973. The van der Waals surface area contributed by atoms with Gasteiger partial charge in [-0.1, -0.05) is 42.0 Å². The fraction of sp³-hybridized carbons (Fsp3) is 0.348.